The largest absolute Gasteiger partial charge is 0.481 e. The topological polar surface area (TPSA) is 113 Å². The van der Waals surface area contributed by atoms with E-state index in [-0.39, 0.29) is 12.5 Å². The minimum absolute atomic E-state index is 0.206. The summed E-state index contributed by atoms with van der Waals surface area (Å²) in [7, 11) is 0. The van der Waals surface area contributed by atoms with Crippen molar-refractivity contribution >= 4 is 17.9 Å². The molecular formula is C13H23N3O4. The number of rotatable bonds is 6. The van der Waals surface area contributed by atoms with E-state index in [1.165, 1.54) is 4.90 Å². The molecule has 1 fully saturated rings. The lowest BCUT2D eigenvalue weighted by atomic mass is 9.97. The number of nitrogens with one attached hydrogen (secondary N) is 1. The second-order valence-electron chi connectivity index (χ2n) is 5.17. The normalized spacial score (nSPS) is 20.2. The van der Waals surface area contributed by atoms with Gasteiger partial charge in [0.2, 0.25) is 5.91 Å². The van der Waals surface area contributed by atoms with Gasteiger partial charge in [-0.25, -0.2) is 4.79 Å². The Morgan fingerprint density at radius 2 is 2.15 bits per heavy atom. The van der Waals surface area contributed by atoms with Gasteiger partial charge in [0.15, 0.2) is 0 Å². The van der Waals surface area contributed by atoms with Crippen molar-refractivity contribution < 1.29 is 19.5 Å². The molecule has 114 valence electrons. The number of nitrogens with zero attached hydrogens (tertiary/aromatic N) is 1. The number of amides is 3. The number of piperidine rings is 1. The van der Waals surface area contributed by atoms with Crippen molar-refractivity contribution in [3.63, 3.8) is 0 Å². The van der Waals surface area contributed by atoms with Crippen LogP contribution >= 0.6 is 0 Å². The predicted octanol–water partition coefficient (Wildman–Crippen LogP) is 0.537. The van der Waals surface area contributed by atoms with Gasteiger partial charge in [-0.2, -0.15) is 0 Å². The minimum atomic E-state index is -0.879. The first kappa shape index (κ1) is 16.3. The van der Waals surface area contributed by atoms with Crippen LogP contribution in [0.15, 0.2) is 0 Å². The maximum Gasteiger partial charge on any atom is 0.312 e. The summed E-state index contributed by atoms with van der Waals surface area (Å²) in [6, 6.07) is -1.38. The highest BCUT2D eigenvalue weighted by Crippen LogP contribution is 2.18. The van der Waals surface area contributed by atoms with Crippen LogP contribution in [0.25, 0.3) is 0 Å². The standard InChI is InChI=1S/C13H23N3O4/c1-2-3-6-10(15-13(14)20)11(17)16-7-4-5-9(8-16)12(18)19/h9-10H,2-8H2,1H3,(H,18,19)(H3,14,15,20). The Bertz CT molecular complexity index is 373. The molecule has 3 amide bonds. The average molecular weight is 285 g/mol. The molecule has 7 heteroatoms. The maximum atomic E-state index is 12.4. The Balaban J connectivity index is 2.67. The SMILES string of the molecule is CCCCC(NC(N)=O)C(=O)N1CCCC(C(=O)O)C1. The number of hydrogen-bond acceptors (Lipinski definition) is 3. The summed E-state index contributed by atoms with van der Waals surface area (Å²) in [6.45, 7) is 2.73. The lowest BCUT2D eigenvalue weighted by Gasteiger charge is -2.33. The van der Waals surface area contributed by atoms with Crippen LogP contribution in [0.2, 0.25) is 0 Å². The fourth-order valence-corrected chi connectivity index (χ4v) is 2.44. The highest BCUT2D eigenvalue weighted by atomic mass is 16.4. The molecule has 1 aliphatic rings. The number of unbranched alkanes of at least 4 members (excludes halogenated alkanes) is 1. The molecule has 0 saturated carbocycles. The summed E-state index contributed by atoms with van der Waals surface area (Å²) in [5.41, 5.74) is 5.09. The molecule has 0 aromatic rings. The van der Waals surface area contributed by atoms with Gasteiger partial charge in [-0.05, 0) is 19.3 Å². The lowest BCUT2D eigenvalue weighted by Crippen LogP contribution is -2.53. The van der Waals surface area contributed by atoms with Crippen LogP contribution in [-0.4, -0.2) is 47.0 Å². The Hall–Kier alpha value is -1.79. The third-order valence-electron chi connectivity index (χ3n) is 3.54. The fourth-order valence-electron chi connectivity index (χ4n) is 2.44. The summed E-state index contributed by atoms with van der Waals surface area (Å²) >= 11 is 0. The monoisotopic (exact) mass is 285 g/mol. The van der Waals surface area contributed by atoms with Crippen molar-refractivity contribution in [1.29, 1.82) is 0 Å². The van der Waals surface area contributed by atoms with Crippen LogP contribution in [-0.2, 0) is 9.59 Å². The van der Waals surface area contributed by atoms with Crippen molar-refractivity contribution in [2.75, 3.05) is 13.1 Å². The first-order valence-electron chi connectivity index (χ1n) is 7.03. The van der Waals surface area contributed by atoms with Crippen molar-refractivity contribution in [2.24, 2.45) is 11.7 Å². The Morgan fingerprint density at radius 1 is 1.45 bits per heavy atom. The number of hydrogen-bond donors (Lipinski definition) is 3. The van der Waals surface area contributed by atoms with Gasteiger partial charge in [0, 0.05) is 13.1 Å². The highest BCUT2D eigenvalue weighted by Gasteiger charge is 2.31. The number of carboxylic acid groups (broad SMARTS) is 1. The number of primary amides is 1. The molecule has 2 unspecified atom stereocenters. The van der Waals surface area contributed by atoms with E-state index in [0.29, 0.717) is 25.8 Å². The van der Waals surface area contributed by atoms with Crippen LogP contribution in [0.3, 0.4) is 0 Å². The fraction of sp³-hybridized carbons (Fsp3) is 0.769. The van der Waals surface area contributed by atoms with Gasteiger partial charge in [-0.15, -0.1) is 0 Å². The van der Waals surface area contributed by atoms with Gasteiger partial charge >= 0.3 is 12.0 Å². The quantitative estimate of drug-likeness (QED) is 0.661. The Labute approximate surface area is 118 Å². The number of carboxylic acids is 1. The van der Waals surface area contributed by atoms with Crippen molar-refractivity contribution in [1.82, 2.24) is 10.2 Å². The zero-order valence-corrected chi connectivity index (χ0v) is 11.8. The van der Waals surface area contributed by atoms with Crippen LogP contribution in [0, 0.1) is 5.92 Å². The zero-order valence-electron chi connectivity index (χ0n) is 11.8. The van der Waals surface area contributed by atoms with E-state index in [2.05, 4.69) is 5.32 Å². The molecule has 1 saturated heterocycles. The van der Waals surface area contributed by atoms with Gasteiger partial charge in [-0.1, -0.05) is 19.8 Å². The number of carbonyl (C=O) groups excluding carboxylic acids is 2. The van der Waals surface area contributed by atoms with Gasteiger partial charge in [0.25, 0.3) is 0 Å². The highest BCUT2D eigenvalue weighted by molar-refractivity contribution is 5.87. The summed E-state index contributed by atoms with van der Waals surface area (Å²) in [5.74, 6) is -1.63. The first-order valence-corrected chi connectivity index (χ1v) is 7.03. The molecule has 0 aliphatic carbocycles. The summed E-state index contributed by atoms with van der Waals surface area (Å²) in [5, 5.41) is 11.5. The molecule has 0 aromatic carbocycles. The third-order valence-corrected chi connectivity index (χ3v) is 3.54. The molecule has 7 nitrogen and oxygen atoms in total. The van der Waals surface area contributed by atoms with E-state index in [9.17, 15) is 14.4 Å². The van der Waals surface area contributed by atoms with Crippen LogP contribution in [0.5, 0.6) is 0 Å². The molecular weight excluding hydrogens is 262 g/mol. The van der Waals surface area contributed by atoms with E-state index >= 15 is 0 Å². The Morgan fingerprint density at radius 3 is 2.70 bits per heavy atom. The first-order chi connectivity index (χ1) is 9.45. The van der Waals surface area contributed by atoms with Gasteiger partial charge in [0.1, 0.15) is 6.04 Å². The molecule has 1 aliphatic heterocycles. The molecule has 0 spiro atoms. The van der Waals surface area contributed by atoms with Gasteiger partial charge in [-0.3, -0.25) is 9.59 Å². The van der Waals surface area contributed by atoms with E-state index in [1.807, 2.05) is 6.92 Å². The van der Waals surface area contributed by atoms with E-state index in [4.69, 9.17) is 10.8 Å². The van der Waals surface area contributed by atoms with E-state index in [1.54, 1.807) is 0 Å². The van der Waals surface area contributed by atoms with Crippen molar-refractivity contribution in [3.8, 4) is 0 Å². The second kappa shape index (κ2) is 7.72. The second-order valence-corrected chi connectivity index (χ2v) is 5.17. The molecule has 0 radical (unpaired) electrons. The maximum absolute atomic E-state index is 12.4. The third kappa shape index (κ3) is 4.71. The molecule has 2 atom stereocenters. The molecule has 1 heterocycles. The van der Waals surface area contributed by atoms with Crippen molar-refractivity contribution in [2.45, 2.75) is 45.1 Å². The zero-order chi connectivity index (χ0) is 15.1. The van der Waals surface area contributed by atoms with Crippen LogP contribution in [0.4, 0.5) is 4.79 Å². The molecule has 0 aromatic heterocycles. The smallest absolute Gasteiger partial charge is 0.312 e. The summed E-state index contributed by atoms with van der Waals surface area (Å²) < 4.78 is 0. The summed E-state index contributed by atoms with van der Waals surface area (Å²) in [4.78, 5) is 35.9. The van der Waals surface area contributed by atoms with Crippen LogP contribution in [0.1, 0.15) is 39.0 Å². The molecule has 1 rings (SSSR count). The average Bonchev–Trinajstić information content (AvgIpc) is 2.42. The number of carbonyl (C=O) groups is 3. The Kier molecular flexibility index (Phi) is 6.27. The lowest BCUT2D eigenvalue weighted by molar-refractivity contribution is -0.146. The molecule has 0 bridgehead atoms. The number of urea groups is 1. The minimum Gasteiger partial charge on any atom is -0.481 e. The van der Waals surface area contributed by atoms with Crippen molar-refractivity contribution in [3.05, 3.63) is 0 Å². The number of aliphatic carboxylic acids is 1. The predicted molar refractivity (Wildman–Crippen MR) is 73.0 cm³/mol. The van der Waals surface area contributed by atoms with E-state index in [0.717, 1.165) is 12.8 Å². The number of likely N-dealkylation sites (tertiary alicyclic amines) is 1. The van der Waals surface area contributed by atoms with Crippen LogP contribution < -0.4 is 11.1 Å². The van der Waals surface area contributed by atoms with E-state index < -0.39 is 24.0 Å². The molecule has 4 N–H and O–H groups in total. The summed E-state index contributed by atoms with van der Waals surface area (Å²) in [6.07, 6.45) is 3.48. The molecule has 20 heavy (non-hydrogen) atoms. The number of nitrogens with two attached hydrogens (primary N) is 1. The van der Waals surface area contributed by atoms with Gasteiger partial charge in [0.05, 0.1) is 5.92 Å². The van der Waals surface area contributed by atoms with Gasteiger partial charge < -0.3 is 21.1 Å².